The van der Waals surface area contributed by atoms with Crippen LogP contribution in [0.15, 0.2) is 76.0 Å². The Labute approximate surface area is 237 Å². The largest absolute Gasteiger partial charge is 0.508 e. The number of phenolic OH excluding ortho intramolecular Hbond substituents is 4. The fourth-order valence-corrected chi connectivity index (χ4v) is 4.44. The Morgan fingerprint density at radius 1 is 0.881 bits per heavy atom. The van der Waals surface area contributed by atoms with Gasteiger partial charge in [0.05, 0.1) is 6.10 Å². The van der Waals surface area contributed by atoms with E-state index >= 15 is 0 Å². The van der Waals surface area contributed by atoms with Crippen LogP contribution in [-0.2, 0) is 14.3 Å². The molecular formula is C30H26O12. The van der Waals surface area contributed by atoms with Gasteiger partial charge in [0, 0.05) is 23.8 Å². The number of carbonyl (C=O) groups excluding carboxylic acids is 1. The average molecular weight is 579 g/mol. The van der Waals surface area contributed by atoms with Gasteiger partial charge in [-0.2, -0.15) is 0 Å². The van der Waals surface area contributed by atoms with E-state index in [4.69, 9.17) is 18.6 Å². The van der Waals surface area contributed by atoms with E-state index in [2.05, 4.69) is 0 Å². The lowest BCUT2D eigenvalue weighted by molar-refractivity contribution is -0.272. The van der Waals surface area contributed by atoms with Crippen molar-refractivity contribution in [1.29, 1.82) is 0 Å². The van der Waals surface area contributed by atoms with Crippen LogP contribution < -0.4 is 10.2 Å². The summed E-state index contributed by atoms with van der Waals surface area (Å²) in [5.74, 6) is -2.64. The third kappa shape index (κ3) is 5.72. The predicted molar refractivity (Wildman–Crippen MR) is 147 cm³/mol. The zero-order valence-electron chi connectivity index (χ0n) is 21.9. The van der Waals surface area contributed by atoms with Gasteiger partial charge in [-0.05, 0) is 55.0 Å². The molecule has 0 radical (unpaired) electrons. The summed E-state index contributed by atoms with van der Waals surface area (Å²) >= 11 is 0. The average Bonchev–Trinajstić information content (AvgIpc) is 2.95. The van der Waals surface area contributed by atoms with Crippen LogP contribution in [0, 0.1) is 0 Å². The Hall–Kier alpha value is -5.04. The van der Waals surface area contributed by atoms with Crippen LogP contribution in [0.1, 0.15) is 12.5 Å². The highest BCUT2D eigenvalue weighted by Crippen LogP contribution is 2.37. The molecule has 12 heteroatoms. The highest BCUT2D eigenvalue weighted by Gasteiger charge is 2.47. The monoisotopic (exact) mass is 578 g/mol. The van der Waals surface area contributed by atoms with E-state index < -0.39 is 53.6 Å². The molecule has 1 aromatic heterocycles. The molecular weight excluding hydrogens is 552 g/mol. The zero-order chi connectivity index (χ0) is 30.1. The molecule has 42 heavy (non-hydrogen) atoms. The summed E-state index contributed by atoms with van der Waals surface area (Å²) in [6.07, 6.45) is -5.03. The minimum Gasteiger partial charge on any atom is -0.508 e. The van der Waals surface area contributed by atoms with Gasteiger partial charge in [0.2, 0.25) is 17.5 Å². The highest BCUT2D eigenvalue weighted by atomic mass is 16.7. The standard InChI is InChI=1S/C30H26O12/c1-14-24(36)26(38)29(41-22(35)11-4-15-2-7-17(31)8-3-15)30(39-14)42-28-25(37)23-20(34)12-19(33)13-21(23)40-27(28)16-5-9-18(32)10-6-16/h2-14,24,26,29-34,36,38H,1H3. The molecule has 5 atom stereocenters. The van der Waals surface area contributed by atoms with Gasteiger partial charge in [-0.15, -0.1) is 0 Å². The maximum absolute atomic E-state index is 13.7. The number of benzene rings is 3. The number of aromatic hydroxyl groups is 4. The first-order valence-electron chi connectivity index (χ1n) is 12.7. The number of hydrogen-bond donors (Lipinski definition) is 6. The molecule has 1 aliphatic heterocycles. The van der Waals surface area contributed by atoms with Crippen molar-refractivity contribution in [2.75, 3.05) is 0 Å². The summed E-state index contributed by atoms with van der Waals surface area (Å²) in [7, 11) is 0. The topological polar surface area (TPSA) is 196 Å². The van der Waals surface area contributed by atoms with Crippen LogP contribution in [0.2, 0.25) is 0 Å². The molecule has 5 rings (SSSR count). The van der Waals surface area contributed by atoms with Crippen LogP contribution in [0.25, 0.3) is 28.4 Å². The van der Waals surface area contributed by atoms with Gasteiger partial charge in [0.1, 0.15) is 46.2 Å². The Morgan fingerprint density at radius 2 is 1.52 bits per heavy atom. The van der Waals surface area contributed by atoms with Crippen molar-refractivity contribution in [3.05, 3.63) is 82.5 Å². The van der Waals surface area contributed by atoms with Crippen molar-refractivity contribution in [2.24, 2.45) is 0 Å². The summed E-state index contributed by atoms with van der Waals surface area (Å²) in [6, 6.07) is 13.5. The van der Waals surface area contributed by atoms with Gasteiger partial charge in [0.25, 0.3) is 0 Å². The van der Waals surface area contributed by atoms with Gasteiger partial charge >= 0.3 is 5.97 Å². The predicted octanol–water partition coefficient (Wildman–Crippen LogP) is 2.75. The van der Waals surface area contributed by atoms with Crippen LogP contribution in [0.3, 0.4) is 0 Å². The minimum atomic E-state index is -1.69. The lowest BCUT2D eigenvalue weighted by Gasteiger charge is -2.40. The molecule has 218 valence electrons. The number of ether oxygens (including phenoxy) is 3. The number of hydrogen-bond acceptors (Lipinski definition) is 12. The summed E-state index contributed by atoms with van der Waals surface area (Å²) in [5.41, 5.74) is -0.251. The SMILES string of the molecule is CC1OC(Oc2c(-c3ccc(O)cc3)oc3cc(O)cc(O)c3c2=O)C(OC(=O)C=Cc2ccc(O)cc2)C(O)C1O. The Bertz CT molecular complexity index is 1690. The van der Waals surface area contributed by atoms with Crippen molar-refractivity contribution in [3.63, 3.8) is 0 Å². The third-order valence-corrected chi connectivity index (χ3v) is 6.62. The van der Waals surface area contributed by atoms with Crippen LogP contribution in [0.4, 0.5) is 0 Å². The lowest BCUT2D eigenvalue weighted by atomic mass is 9.99. The lowest BCUT2D eigenvalue weighted by Crippen LogP contribution is -2.59. The van der Waals surface area contributed by atoms with Gasteiger partial charge in [0.15, 0.2) is 11.9 Å². The number of aliphatic hydroxyl groups is 2. The Morgan fingerprint density at radius 3 is 2.19 bits per heavy atom. The van der Waals surface area contributed by atoms with Crippen LogP contribution in [0.5, 0.6) is 28.7 Å². The zero-order valence-corrected chi connectivity index (χ0v) is 21.9. The van der Waals surface area contributed by atoms with Crippen LogP contribution >= 0.6 is 0 Å². The summed E-state index contributed by atoms with van der Waals surface area (Å²) < 4.78 is 22.9. The maximum atomic E-state index is 13.7. The molecule has 0 aliphatic carbocycles. The minimum absolute atomic E-state index is 0.0373. The van der Waals surface area contributed by atoms with E-state index in [1.165, 1.54) is 49.4 Å². The van der Waals surface area contributed by atoms with E-state index in [-0.39, 0.29) is 39.5 Å². The molecule has 1 fully saturated rings. The van der Waals surface area contributed by atoms with Crippen molar-refractivity contribution < 1.29 is 54.1 Å². The van der Waals surface area contributed by atoms with Crippen molar-refractivity contribution in [3.8, 4) is 40.1 Å². The molecule has 12 nitrogen and oxygen atoms in total. The molecule has 0 amide bonds. The highest BCUT2D eigenvalue weighted by molar-refractivity contribution is 5.88. The molecule has 0 bridgehead atoms. The van der Waals surface area contributed by atoms with E-state index in [0.29, 0.717) is 5.56 Å². The maximum Gasteiger partial charge on any atom is 0.331 e. The van der Waals surface area contributed by atoms with Crippen molar-refractivity contribution in [1.82, 2.24) is 0 Å². The summed E-state index contributed by atoms with van der Waals surface area (Å²) in [6.45, 7) is 1.44. The van der Waals surface area contributed by atoms with E-state index in [1.807, 2.05) is 0 Å². The number of esters is 1. The first kappa shape index (κ1) is 28.5. The van der Waals surface area contributed by atoms with E-state index in [0.717, 1.165) is 18.2 Å². The second kappa shape index (κ2) is 11.4. The van der Waals surface area contributed by atoms with Gasteiger partial charge in [-0.1, -0.05) is 12.1 Å². The fraction of sp³-hybridized carbons (Fsp3) is 0.200. The smallest absolute Gasteiger partial charge is 0.331 e. The van der Waals surface area contributed by atoms with Gasteiger partial charge in [-0.3, -0.25) is 4.79 Å². The quantitative estimate of drug-likeness (QED) is 0.145. The third-order valence-electron chi connectivity index (χ3n) is 6.62. The number of carbonyl (C=O) groups is 1. The molecule has 5 unspecified atom stereocenters. The molecule has 0 saturated carbocycles. The molecule has 0 spiro atoms. The van der Waals surface area contributed by atoms with Gasteiger partial charge in [-0.25, -0.2) is 4.79 Å². The van der Waals surface area contributed by atoms with Gasteiger partial charge < -0.3 is 49.3 Å². The van der Waals surface area contributed by atoms with E-state index in [1.54, 1.807) is 12.1 Å². The Kier molecular flexibility index (Phi) is 7.77. The first-order valence-corrected chi connectivity index (χ1v) is 12.7. The first-order chi connectivity index (χ1) is 20.0. The summed E-state index contributed by atoms with van der Waals surface area (Å²) in [4.78, 5) is 26.4. The van der Waals surface area contributed by atoms with E-state index in [9.17, 15) is 40.2 Å². The molecule has 2 heterocycles. The van der Waals surface area contributed by atoms with Crippen LogP contribution in [-0.4, -0.2) is 67.3 Å². The molecule has 1 saturated heterocycles. The molecule has 6 N–H and O–H groups in total. The number of rotatable bonds is 6. The normalized spacial score (nSPS) is 22.3. The second-order valence-electron chi connectivity index (χ2n) is 9.61. The second-order valence-corrected chi connectivity index (χ2v) is 9.61. The number of aliphatic hydroxyl groups excluding tert-OH is 2. The van der Waals surface area contributed by atoms with Crippen molar-refractivity contribution >= 4 is 23.0 Å². The fourth-order valence-electron chi connectivity index (χ4n) is 4.44. The summed E-state index contributed by atoms with van der Waals surface area (Å²) in [5, 5.41) is 60.4. The molecule has 4 aromatic rings. The molecule has 1 aliphatic rings. The number of phenols is 4. The van der Waals surface area contributed by atoms with Crippen molar-refractivity contribution in [2.45, 2.75) is 37.6 Å². The number of fused-ring (bicyclic) bond motifs is 1. The molecule has 3 aromatic carbocycles. The Balaban J connectivity index is 1.54.